The summed E-state index contributed by atoms with van der Waals surface area (Å²) >= 11 is 1.59. The summed E-state index contributed by atoms with van der Waals surface area (Å²) in [5, 5.41) is 10.4. The Morgan fingerprint density at radius 3 is 2.95 bits per heavy atom. The van der Waals surface area contributed by atoms with Gasteiger partial charge in [0.15, 0.2) is 0 Å². The largest absolute Gasteiger partial charge is 0.508 e. The number of benzene rings is 1. The topological polar surface area (TPSA) is 72.0 Å². The molecule has 4 nitrogen and oxygen atoms in total. The zero-order valence-corrected chi connectivity index (χ0v) is 12.2. The number of aromatic nitrogens is 2. The molecule has 2 aromatic heterocycles. The van der Waals surface area contributed by atoms with Gasteiger partial charge in [0.25, 0.3) is 0 Å². The normalized spacial score (nSPS) is 10.9. The van der Waals surface area contributed by atoms with Crippen molar-refractivity contribution in [3.63, 3.8) is 0 Å². The van der Waals surface area contributed by atoms with Gasteiger partial charge in [-0.15, -0.1) is 11.3 Å². The number of nitrogens with zero attached hydrogens (tertiary/aromatic N) is 2. The van der Waals surface area contributed by atoms with Gasteiger partial charge in [-0.3, -0.25) is 4.98 Å². The van der Waals surface area contributed by atoms with Crippen LogP contribution in [0.4, 0.5) is 0 Å². The first-order valence-electron chi connectivity index (χ1n) is 6.59. The molecule has 3 aromatic rings. The van der Waals surface area contributed by atoms with E-state index < -0.39 is 0 Å². The predicted octanol–water partition coefficient (Wildman–Crippen LogP) is 3.47. The summed E-state index contributed by atoms with van der Waals surface area (Å²) in [4.78, 5) is 8.83. The van der Waals surface area contributed by atoms with Gasteiger partial charge in [-0.1, -0.05) is 6.58 Å². The van der Waals surface area contributed by atoms with Crippen LogP contribution in [0.25, 0.3) is 20.8 Å². The summed E-state index contributed by atoms with van der Waals surface area (Å²) in [6, 6.07) is 7.30. The number of thiazole rings is 1. The van der Waals surface area contributed by atoms with Gasteiger partial charge in [0, 0.05) is 29.7 Å². The van der Waals surface area contributed by atoms with Crippen LogP contribution in [-0.4, -0.2) is 15.1 Å². The van der Waals surface area contributed by atoms with Gasteiger partial charge in [0.1, 0.15) is 10.8 Å². The van der Waals surface area contributed by atoms with Gasteiger partial charge in [-0.2, -0.15) is 0 Å². The summed E-state index contributed by atoms with van der Waals surface area (Å²) in [7, 11) is 0. The number of fused-ring (bicyclic) bond motifs is 1. The monoisotopic (exact) mass is 297 g/mol. The van der Waals surface area contributed by atoms with Crippen LogP contribution in [0.5, 0.6) is 5.75 Å². The summed E-state index contributed by atoms with van der Waals surface area (Å²) in [6.45, 7) is 3.71. The lowest BCUT2D eigenvalue weighted by Crippen LogP contribution is -1.97. The molecule has 0 amide bonds. The molecule has 5 heteroatoms. The first-order valence-corrected chi connectivity index (χ1v) is 7.40. The van der Waals surface area contributed by atoms with Gasteiger partial charge in [0.05, 0.1) is 10.2 Å². The van der Waals surface area contributed by atoms with Crippen molar-refractivity contribution in [2.75, 3.05) is 0 Å². The lowest BCUT2D eigenvalue weighted by Gasteiger charge is -2.02. The van der Waals surface area contributed by atoms with Crippen LogP contribution in [0.15, 0.2) is 48.9 Å². The molecule has 21 heavy (non-hydrogen) atoms. The van der Waals surface area contributed by atoms with Crippen LogP contribution in [0.3, 0.4) is 0 Å². The van der Waals surface area contributed by atoms with E-state index in [4.69, 9.17) is 5.73 Å². The van der Waals surface area contributed by atoms with Gasteiger partial charge in [-0.05, 0) is 36.6 Å². The zero-order valence-electron chi connectivity index (χ0n) is 11.4. The van der Waals surface area contributed by atoms with E-state index in [2.05, 4.69) is 22.6 Å². The van der Waals surface area contributed by atoms with Crippen LogP contribution >= 0.6 is 11.3 Å². The second-order valence-electron chi connectivity index (χ2n) is 4.91. The summed E-state index contributed by atoms with van der Waals surface area (Å²) < 4.78 is 1.04. The van der Waals surface area contributed by atoms with Crippen molar-refractivity contribution < 1.29 is 5.11 Å². The molecule has 0 aliphatic carbocycles. The maximum Gasteiger partial charge on any atom is 0.126 e. The fourth-order valence-electron chi connectivity index (χ4n) is 2.09. The van der Waals surface area contributed by atoms with E-state index in [9.17, 15) is 5.11 Å². The Bertz CT molecular complexity index is 810. The molecule has 0 fully saturated rings. The van der Waals surface area contributed by atoms with Crippen molar-refractivity contribution in [3.05, 3.63) is 54.5 Å². The Morgan fingerprint density at radius 1 is 1.29 bits per heavy atom. The molecule has 0 saturated heterocycles. The fourth-order valence-corrected chi connectivity index (χ4v) is 3.01. The van der Waals surface area contributed by atoms with Crippen molar-refractivity contribution >= 4 is 21.6 Å². The molecular weight excluding hydrogens is 282 g/mol. The van der Waals surface area contributed by atoms with Crippen LogP contribution in [0.2, 0.25) is 0 Å². The number of phenols is 1. The highest BCUT2D eigenvalue weighted by atomic mass is 32.1. The second kappa shape index (κ2) is 5.54. The van der Waals surface area contributed by atoms with Crippen LogP contribution < -0.4 is 5.73 Å². The molecular formula is C16H15N3OS. The lowest BCUT2D eigenvalue weighted by atomic mass is 10.1. The maximum absolute atomic E-state index is 9.51. The average molecular weight is 297 g/mol. The second-order valence-corrected chi connectivity index (χ2v) is 5.94. The smallest absolute Gasteiger partial charge is 0.126 e. The molecule has 0 spiro atoms. The lowest BCUT2D eigenvalue weighted by molar-refractivity contribution is 0.476. The molecule has 0 aliphatic rings. The highest BCUT2D eigenvalue weighted by Gasteiger charge is 2.08. The number of pyridine rings is 1. The Morgan fingerprint density at radius 2 is 2.14 bits per heavy atom. The van der Waals surface area contributed by atoms with Crippen molar-refractivity contribution in [2.24, 2.45) is 5.73 Å². The van der Waals surface area contributed by atoms with E-state index in [1.54, 1.807) is 29.7 Å². The van der Waals surface area contributed by atoms with Crippen molar-refractivity contribution in [1.29, 1.82) is 0 Å². The van der Waals surface area contributed by atoms with E-state index in [-0.39, 0.29) is 5.75 Å². The Balaban J connectivity index is 1.94. The first-order chi connectivity index (χ1) is 10.1. The van der Waals surface area contributed by atoms with Crippen LogP contribution in [-0.2, 0) is 6.42 Å². The minimum atomic E-state index is 0.229. The van der Waals surface area contributed by atoms with Crippen LogP contribution in [0.1, 0.15) is 12.0 Å². The number of phenolic OH excluding ortho intramolecular Hbond substituents is 1. The number of aryl methyl sites for hydroxylation is 1. The van der Waals surface area contributed by atoms with Gasteiger partial charge >= 0.3 is 0 Å². The molecule has 3 N–H and O–H groups in total. The Labute approximate surface area is 126 Å². The standard InChI is InChI=1S/C16H15N3OS/c1-10(17)2-3-11-6-12(9-18-8-11)16-19-14-7-13(20)4-5-15(14)21-16/h4-9,20H,1-3,17H2. The highest BCUT2D eigenvalue weighted by molar-refractivity contribution is 7.21. The summed E-state index contributed by atoms with van der Waals surface area (Å²) in [5.74, 6) is 0.229. The number of hydrogen-bond acceptors (Lipinski definition) is 5. The van der Waals surface area contributed by atoms with E-state index >= 15 is 0 Å². The van der Waals surface area contributed by atoms with Gasteiger partial charge < -0.3 is 10.8 Å². The van der Waals surface area contributed by atoms with E-state index in [0.29, 0.717) is 5.70 Å². The van der Waals surface area contributed by atoms with Crippen molar-refractivity contribution in [3.8, 4) is 16.3 Å². The van der Waals surface area contributed by atoms with Crippen LogP contribution in [0, 0.1) is 0 Å². The number of rotatable bonds is 4. The maximum atomic E-state index is 9.51. The number of hydrogen-bond donors (Lipinski definition) is 2. The third kappa shape index (κ3) is 3.03. The first kappa shape index (κ1) is 13.6. The zero-order chi connectivity index (χ0) is 14.8. The molecule has 0 radical (unpaired) electrons. The summed E-state index contributed by atoms with van der Waals surface area (Å²) in [6.07, 6.45) is 5.21. The van der Waals surface area contributed by atoms with E-state index in [1.165, 1.54) is 0 Å². The molecule has 0 unspecified atom stereocenters. The molecule has 0 aliphatic heterocycles. The fraction of sp³-hybridized carbons (Fsp3) is 0.125. The Hall–Kier alpha value is -2.40. The molecule has 0 bridgehead atoms. The molecule has 2 heterocycles. The number of allylic oxidation sites excluding steroid dienone is 1. The molecule has 3 rings (SSSR count). The molecule has 0 saturated carbocycles. The van der Waals surface area contributed by atoms with Gasteiger partial charge in [-0.25, -0.2) is 4.98 Å². The third-order valence-corrected chi connectivity index (χ3v) is 4.23. The molecule has 106 valence electrons. The third-order valence-electron chi connectivity index (χ3n) is 3.15. The minimum Gasteiger partial charge on any atom is -0.508 e. The average Bonchev–Trinajstić information content (AvgIpc) is 2.88. The highest BCUT2D eigenvalue weighted by Crippen LogP contribution is 2.31. The number of nitrogens with two attached hydrogens (primary N) is 1. The minimum absolute atomic E-state index is 0.229. The van der Waals surface area contributed by atoms with Crippen molar-refractivity contribution in [1.82, 2.24) is 9.97 Å². The number of aromatic hydroxyl groups is 1. The Kier molecular flexibility index (Phi) is 3.58. The van der Waals surface area contributed by atoms with E-state index in [1.807, 2.05) is 12.3 Å². The molecule has 1 aromatic carbocycles. The van der Waals surface area contributed by atoms with Gasteiger partial charge in [0.2, 0.25) is 0 Å². The molecule has 0 atom stereocenters. The predicted molar refractivity (Wildman–Crippen MR) is 86.2 cm³/mol. The SMILES string of the molecule is C=C(N)CCc1cncc(-c2nc3cc(O)ccc3s2)c1. The van der Waals surface area contributed by atoms with E-state index in [0.717, 1.165) is 39.2 Å². The summed E-state index contributed by atoms with van der Waals surface area (Å²) in [5.41, 5.74) is 9.18. The quantitative estimate of drug-likeness (QED) is 0.773. The van der Waals surface area contributed by atoms with Crippen molar-refractivity contribution in [2.45, 2.75) is 12.8 Å².